The summed E-state index contributed by atoms with van der Waals surface area (Å²) in [6, 6.07) is 8.71. The van der Waals surface area contributed by atoms with E-state index in [0.717, 1.165) is 18.4 Å². The van der Waals surface area contributed by atoms with E-state index in [-0.39, 0.29) is 5.78 Å². The standard InChI is InChI=1S/C10H14.C8H14O/c1-8(2)10-6-4-9(3)5-7-10;1-4-6-8(5-2)7(3)9/h4-8H,1-3H3;5H,4,6H2,1-3H3/b;8-5+. The van der Waals surface area contributed by atoms with Crippen LogP contribution in [0, 0.1) is 6.92 Å². The van der Waals surface area contributed by atoms with E-state index in [1.807, 2.05) is 13.0 Å². The molecule has 1 aromatic rings. The van der Waals surface area contributed by atoms with Crippen LogP contribution in [0.3, 0.4) is 0 Å². The highest BCUT2D eigenvalue weighted by molar-refractivity contribution is 5.93. The molecule has 0 bridgehead atoms. The lowest BCUT2D eigenvalue weighted by atomic mass is 10.0. The van der Waals surface area contributed by atoms with Gasteiger partial charge in [-0.15, -0.1) is 0 Å². The molecule has 0 saturated heterocycles. The third-order valence-corrected chi connectivity index (χ3v) is 3.06. The molecule has 1 nitrogen and oxygen atoms in total. The van der Waals surface area contributed by atoms with Gasteiger partial charge in [0, 0.05) is 0 Å². The van der Waals surface area contributed by atoms with Crippen molar-refractivity contribution in [3.8, 4) is 0 Å². The fraction of sp³-hybridized carbons (Fsp3) is 0.500. The maximum atomic E-state index is 10.7. The number of hydrogen-bond acceptors (Lipinski definition) is 1. The van der Waals surface area contributed by atoms with Crippen molar-refractivity contribution in [3.63, 3.8) is 0 Å². The monoisotopic (exact) mass is 260 g/mol. The highest BCUT2D eigenvalue weighted by Gasteiger charge is 1.98. The van der Waals surface area contributed by atoms with E-state index in [1.54, 1.807) is 6.92 Å². The molecule has 0 atom stereocenters. The summed E-state index contributed by atoms with van der Waals surface area (Å²) in [5.41, 5.74) is 3.72. The Kier molecular flexibility index (Phi) is 8.86. The Morgan fingerprint density at radius 1 is 1.21 bits per heavy atom. The Bertz CT molecular complexity index is 396. The fourth-order valence-electron chi connectivity index (χ4n) is 1.74. The zero-order valence-electron chi connectivity index (χ0n) is 13.3. The third kappa shape index (κ3) is 7.61. The van der Waals surface area contributed by atoms with Crippen molar-refractivity contribution in [1.82, 2.24) is 0 Å². The first-order chi connectivity index (χ1) is 8.92. The van der Waals surface area contributed by atoms with Crippen molar-refractivity contribution in [2.75, 3.05) is 0 Å². The highest BCUT2D eigenvalue weighted by Crippen LogP contribution is 2.13. The number of benzene rings is 1. The molecule has 1 heteroatoms. The molecule has 0 radical (unpaired) electrons. The molecule has 0 unspecified atom stereocenters. The van der Waals surface area contributed by atoms with Gasteiger partial charge >= 0.3 is 0 Å². The molecular weight excluding hydrogens is 232 g/mol. The van der Waals surface area contributed by atoms with Crippen molar-refractivity contribution in [2.24, 2.45) is 0 Å². The van der Waals surface area contributed by atoms with Gasteiger partial charge in [0.05, 0.1) is 0 Å². The quantitative estimate of drug-likeness (QED) is 0.659. The minimum atomic E-state index is 0.208. The van der Waals surface area contributed by atoms with Gasteiger partial charge in [-0.05, 0) is 44.2 Å². The number of ketones is 1. The van der Waals surface area contributed by atoms with Gasteiger partial charge < -0.3 is 0 Å². The minimum Gasteiger partial charge on any atom is -0.295 e. The minimum absolute atomic E-state index is 0.208. The predicted molar refractivity (Wildman–Crippen MR) is 84.6 cm³/mol. The van der Waals surface area contributed by atoms with Gasteiger partial charge in [-0.2, -0.15) is 0 Å². The Morgan fingerprint density at radius 2 is 1.74 bits per heavy atom. The van der Waals surface area contributed by atoms with Crippen molar-refractivity contribution in [1.29, 1.82) is 0 Å². The summed E-state index contributed by atoms with van der Waals surface area (Å²) in [6.07, 6.45) is 3.87. The van der Waals surface area contributed by atoms with Crippen LogP contribution in [-0.2, 0) is 4.79 Å². The maximum Gasteiger partial charge on any atom is 0.155 e. The normalized spacial score (nSPS) is 11.0. The lowest BCUT2D eigenvalue weighted by Gasteiger charge is -2.03. The lowest BCUT2D eigenvalue weighted by Crippen LogP contribution is -1.94. The zero-order chi connectivity index (χ0) is 14.8. The molecule has 0 spiro atoms. The molecule has 0 saturated carbocycles. The van der Waals surface area contributed by atoms with Crippen molar-refractivity contribution in [2.45, 2.75) is 60.3 Å². The van der Waals surface area contributed by atoms with E-state index in [0.29, 0.717) is 5.92 Å². The first kappa shape index (κ1) is 17.6. The van der Waals surface area contributed by atoms with Crippen LogP contribution >= 0.6 is 0 Å². The van der Waals surface area contributed by atoms with E-state index in [2.05, 4.69) is 52.0 Å². The van der Waals surface area contributed by atoms with Crippen LogP contribution < -0.4 is 0 Å². The number of rotatable bonds is 4. The van der Waals surface area contributed by atoms with Crippen LogP contribution in [0.1, 0.15) is 64.5 Å². The molecule has 0 amide bonds. The zero-order valence-corrected chi connectivity index (χ0v) is 13.3. The average Bonchev–Trinajstić information content (AvgIpc) is 2.36. The van der Waals surface area contributed by atoms with Gasteiger partial charge in [-0.25, -0.2) is 0 Å². The SMILES string of the molecule is C/C=C(\CCC)C(C)=O.Cc1ccc(C(C)C)cc1. The maximum absolute atomic E-state index is 10.7. The number of Topliss-reactive ketones (excluding diaryl/α,β-unsaturated/α-hetero) is 1. The van der Waals surface area contributed by atoms with Crippen molar-refractivity contribution >= 4 is 5.78 Å². The molecule has 1 rings (SSSR count). The number of aryl methyl sites for hydroxylation is 1. The van der Waals surface area contributed by atoms with Crippen LogP contribution in [0.5, 0.6) is 0 Å². The Labute approximate surface area is 118 Å². The van der Waals surface area contributed by atoms with Crippen LogP contribution in [0.25, 0.3) is 0 Å². The summed E-state index contributed by atoms with van der Waals surface area (Å²) < 4.78 is 0. The molecule has 0 aliphatic carbocycles. The number of carbonyl (C=O) groups excluding carboxylic acids is 1. The molecule has 19 heavy (non-hydrogen) atoms. The van der Waals surface area contributed by atoms with Crippen molar-refractivity contribution < 1.29 is 4.79 Å². The molecule has 0 aliphatic heterocycles. The number of allylic oxidation sites excluding steroid dienone is 2. The summed E-state index contributed by atoms with van der Waals surface area (Å²) in [5.74, 6) is 0.861. The summed E-state index contributed by atoms with van der Waals surface area (Å²) in [5, 5.41) is 0. The van der Waals surface area contributed by atoms with E-state index >= 15 is 0 Å². The second kappa shape index (κ2) is 9.55. The number of hydrogen-bond donors (Lipinski definition) is 0. The van der Waals surface area contributed by atoms with E-state index in [1.165, 1.54) is 11.1 Å². The van der Waals surface area contributed by atoms with Crippen molar-refractivity contribution in [3.05, 3.63) is 47.0 Å². The summed E-state index contributed by atoms with van der Waals surface area (Å²) >= 11 is 0. The smallest absolute Gasteiger partial charge is 0.155 e. The van der Waals surface area contributed by atoms with Gasteiger partial charge in [0.2, 0.25) is 0 Å². The Morgan fingerprint density at radius 3 is 2.00 bits per heavy atom. The highest BCUT2D eigenvalue weighted by atomic mass is 16.1. The summed E-state index contributed by atoms with van der Waals surface area (Å²) in [6.45, 7) is 12.1. The topological polar surface area (TPSA) is 17.1 Å². The second-order valence-electron chi connectivity index (χ2n) is 5.19. The lowest BCUT2D eigenvalue weighted by molar-refractivity contribution is -0.113. The summed E-state index contributed by atoms with van der Waals surface area (Å²) in [4.78, 5) is 10.7. The van der Waals surface area contributed by atoms with Gasteiger partial charge in [0.15, 0.2) is 5.78 Å². The molecular formula is C18H28O. The molecule has 106 valence electrons. The second-order valence-corrected chi connectivity index (χ2v) is 5.19. The van der Waals surface area contributed by atoms with Crippen LogP contribution in [0.4, 0.5) is 0 Å². The van der Waals surface area contributed by atoms with E-state index < -0.39 is 0 Å². The number of carbonyl (C=O) groups is 1. The van der Waals surface area contributed by atoms with Gasteiger partial charge in [0.25, 0.3) is 0 Å². The summed E-state index contributed by atoms with van der Waals surface area (Å²) in [7, 11) is 0. The molecule has 0 N–H and O–H groups in total. The first-order valence-corrected chi connectivity index (χ1v) is 7.15. The van der Waals surface area contributed by atoms with Gasteiger partial charge in [0.1, 0.15) is 0 Å². The molecule has 0 heterocycles. The van der Waals surface area contributed by atoms with Gasteiger partial charge in [-0.1, -0.05) is 63.1 Å². The largest absolute Gasteiger partial charge is 0.295 e. The molecule has 1 aromatic carbocycles. The van der Waals surface area contributed by atoms with Gasteiger partial charge in [-0.3, -0.25) is 4.79 Å². The van der Waals surface area contributed by atoms with E-state index in [9.17, 15) is 4.79 Å². The molecule has 0 fully saturated rings. The predicted octanol–water partition coefficient (Wildman–Crippen LogP) is 5.44. The first-order valence-electron chi connectivity index (χ1n) is 7.15. The third-order valence-electron chi connectivity index (χ3n) is 3.06. The van der Waals surface area contributed by atoms with E-state index in [4.69, 9.17) is 0 Å². The van der Waals surface area contributed by atoms with Crippen LogP contribution in [-0.4, -0.2) is 5.78 Å². The molecule has 0 aromatic heterocycles. The fourth-order valence-corrected chi connectivity index (χ4v) is 1.74. The van der Waals surface area contributed by atoms with Crippen LogP contribution in [0.15, 0.2) is 35.9 Å². The Balaban J connectivity index is 0.000000344. The average molecular weight is 260 g/mol. The Hall–Kier alpha value is -1.37. The molecule has 0 aliphatic rings. The van der Waals surface area contributed by atoms with Crippen LogP contribution in [0.2, 0.25) is 0 Å².